The van der Waals surface area contributed by atoms with Gasteiger partial charge in [0.2, 0.25) is 11.8 Å². The predicted octanol–water partition coefficient (Wildman–Crippen LogP) is 2.00. The third kappa shape index (κ3) is 3.58. The number of para-hydroxylation sites is 1. The number of nitrogens with zero attached hydrogens (tertiary/aromatic N) is 2. The molecule has 106 valence electrons. The molecule has 2 aromatic rings. The molecule has 0 amide bonds. The highest BCUT2D eigenvalue weighted by atomic mass is 16.5. The van der Waals surface area contributed by atoms with Crippen molar-refractivity contribution in [3.05, 3.63) is 35.9 Å². The molecule has 0 bridgehead atoms. The van der Waals surface area contributed by atoms with E-state index in [2.05, 4.69) is 15.3 Å². The van der Waals surface area contributed by atoms with Gasteiger partial charge in [-0.15, -0.1) is 0 Å². The fourth-order valence-electron chi connectivity index (χ4n) is 1.82. The van der Waals surface area contributed by atoms with Crippen molar-refractivity contribution in [1.29, 1.82) is 0 Å². The second-order valence-electron chi connectivity index (χ2n) is 4.18. The van der Waals surface area contributed by atoms with Crippen LogP contribution in [-0.4, -0.2) is 30.8 Å². The average molecular weight is 274 g/mol. The van der Waals surface area contributed by atoms with Crippen LogP contribution in [-0.2, 0) is 11.2 Å². The number of nitrogens with one attached hydrogen (secondary N) is 1. The lowest BCUT2D eigenvalue weighted by atomic mass is 10.1. The van der Waals surface area contributed by atoms with Gasteiger partial charge in [0, 0.05) is 18.9 Å². The Labute approximate surface area is 118 Å². The van der Waals surface area contributed by atoms with E-state index in [0.717, 1.165) is 17.7 Å². The molecule has 0 saturated carbocycles. The van der Waals surface area contributed by atoms with Crippen molar-refractivity contribution in [1.82, 2.24) is 9.97 Å². The zero-order valence-corrected chi connectivity index (χ0v) is 11.6. The molecular weight excluding hydrogens is 256 g/mol. The summed E-state index contributed by atoms with van der Waals surface area (Å²) in [4.78, 5) is 8.09. The first-order valence-electron chi connectivity index (χ1n) is 6.25. The molecule has 0 aliphatic heterocycles. The Balaban J connectivity index is 2.23. The Morgan fingerprint density at radius 1 is 1.20 bits per heavy atom. The van der Waals surface area contributed by atoms with Gasteiger partial charge in [-0.3, -0.25) is 0 Å². The fraction of sp³-hybridized carbons (Fsp3) is 0.286. The van der Waals surface area contributed by atoms with Gasteiger partial charge < -0.3 is 20.5 Å². The number of rotatable bonds is 6. The van der Waals surface area contributed by atoms with Crippen LogP contribution in [0.25, 0.3) is 0 Å². The Bertz CT molecular complexity index is 575. The molecule has 0 spiro atoms. The summed E-state index contributed by atoms with van der Waals surface area (Å²) >= 11 is 0. The van der Waals surface area contributed by atoms with Crippen LogP contribution in [0, 0.1) is 0 Å². The van der Waals surface area contributed by atoms with E-state index in [4.69, 9.17) is 15.2 Å². The second-order valence-corrected chi connectivity index (χ2v) is 4.18. The van der Waals surface area contributed by atoms with Gasteiger partial charge in [-0.1, -0.05) is 18.2 Å². The van der Waals surface area contributed by atoms with Crippen molar-refractivity contribution >= 4 is 17.5 Å². The molecule has 0 unspecified atom stereocenters. The number of anilines is 3. The van der Waals surface area contributed by atoms with Gasteiger partial charge >= 0.3 is 0 Å². The third-order valence-corrected chi connectivity index (χ3v) is 2.78. The minimum Gasteiger partial charge on any atom is -0.481 e. The van der Waals surface area contributed by atoms with Crippen molar-refractivity contribution in [2.24, 2.45) is 0 Å². The number of nitrogens with two attached hydrogens (primary N) is 1. The summed E-state index contributed by atoms with van der Waals surface area (Å²) in [6, 6.07) is 9.67. The first-order valence-corrected chi connectivity index (χ1v) is 6.25. The van der Waals surface area contributed by atoms with E-state index in [1.54, 1.807) is 13.2 Å². The van der Waals surface area contributed by atoms with Crippen molar-refractivity contribution in [2.75, 3.05) is 31.9 Å². The van der Waals surface area contributed by atoms with Gasteiger partial charge in [-0.2, -0.15) is 9.97 Å². The normalized spacial score (nSPS) is 10.3. The number of aromatic nitrogens is 2. The SMILES string of the molecule is COCCc1ccccc1Nc1cc(OC)nc(N)n1. The number of ether oxygens (including phenoxy) is 2. The van der Waals surface area contributed by atoms with E-state index >= 15 is 0 Å². The Kier molecular flexibility index (Phi) is 4.73. The number of hydrogen-bond donors (Lipinski definition) is 2. The van der Waals surface area contributed by atoms with Crippen LogP contribution in [0.4, 0.5) is 17.5 Å². The summed E-state index contributed by atoms with van der Waals surface area (Å²) in [6.45, 7) is 0.661. The average Bonchev–Trinajstić information content (AvgIpc) is 2.45. The van der Waals surface area contributed by atoms with Gasteiger partial charge in [-0.05, 0) is 18.1 Å². The topological polar surface area (TPSA) is 82.3 Å². The molecule has 1 heterocycles. The highest BCUT2D eigenvalue weighted by Gasteiger charge is 2.06. The molecular formula is C14H18N4O2. The van der Waals surface area contributed by atoms with Crippen LogP contribution in [0.5, 0.6) is 5.88 Å². The van der Waals surface area contributed by atoms with Gasteiger partial charge in [-0.25, -0.2) is 0 Å². The molecule has 6 nitrogen and oxygen atoms in total. The van der Waals surface area contributed by atoms with Gasteiger partial charge in [0.1, 0.15) is 5.82 Å². The lowest BCUT2D eigenvalue weighted by Gasteiger charge is -2.12. The zero-order valence-electron chi connectivity index (χ0n) is 11.6. The first kappa shape index (κ1) is 14.1. The van der Waals surface area contributed by atoms with E-state index in [0.29, 0.717) is 18.3 Å². The first-order chi connectivity index (χ1) is 9.72. The molecule has 0 aliphatic carbocycles. The highest BCUT2D eigenvalue weighted by molar-refractivity contribution is 5.61. The zero-order chi connectivity index (χ0) is 14.4. The number of methoxy groups -OCH3 is 2. The van der Waals surface area contributed by atoms with Gasteiger partial charge in [0.15, 0.2) is 0 Å². The second kappa shape index (κ2) is 6.72. The van der Waals surface area contributed by atoms with Crippen LogP contribution in [0.15, 0.2) is 30.3 Å². The summed E-state index contributed by atoms with van der Waals surface area (Å²) in [6.07, 6.45) is 0.817. The predicted molar refractivity (Wildman–Crippen MR) is 78.3 cm³/mol. The highest BCUT2D eigenvalue weighted by Crippen LogP contribution is 2.22. The molecule has 1 aromatic carbocycles. The summed E-state index contributed by atoms with van der Waals surface area (Å²) in [5.74, 6) is 1.19. The molecule has 0 radical (unpaired) electrons. The van der Waals surface area contributed by atoms with Crippen LogP contribution in [0.1, 0.15) is 5.56 Å². The Hall–Kier alpha value is -2.34. The number of nitrogen functional groups attached to an aromatic ring is 1. The standard InChI is InChI=1S/C14H18N4O2/c1-19-8-7-10-5-3-4-6-11(10)16-12-9-13(20-2)18-14(15)17-12/h3-6,9H,7-8H2,1-2H3,(H3,15,16,17,18). The molecule has 2 rings (SSSR count). The Morgan fingerprint density at radius 2 is 2.00 bits per heavy atom. The van der Waals surface area contributed by atoms with Crippen molar-refractivity contribution in [3.8, 4) is 5.88 Å². The van der Waals surface area contributed by atoms with Gasteiger partial charge in [0.25, 0.3) is 0 Å². The van der Waals surface area contributed by atoms with Crippen molar-refractivity contribution in [3.63, 3.8) is 0 Å². The maximum atomic E-state index is 5.64. The lowest BCUT2D eigenvalue weighted by Crippen LogP contribution is -2.04. The van der Waals surface area contributed by atoms with Crippen LogP contribution >= 0.6 is 0 Å². The fourth-order valence-corrected chi connectivity index (χ4v) is 1.82. The minimum absolute atomic E-state index is 0.168. The third-order valence-electron chi connectivity index (χ3n) is 2.78. The molecule has 3 N–H and O–H groups in total. The van der Waals surface area contributed by atoms with Crippen LogP contribution in [0.2, 0.25) is 0 Å². The van der Waals surface area contributed by atoms with E-state index in [9.17, 15) is 0 Å². The summed E-state index contributed by atoms with van der Waals surface area (Å²) in [5, 5.41) is 3.23. The smallest absolute Gasteiger partial charge is 0.225 e. The number of benzene rings is 1. The molecule has 0 saturated heterocycles. The monoisotopic (exact) mass is 274 g/mol. The van der Waals surface area contributed by atoms with Crippen molar-refractivity contribution < 1.29 is 9.47 Å². The molecule has 1 aromatic heterocycles. The molecule has 0 fully saturated rings. The maximum absolute atomic E-state index is 5.64. The molecule has 0 aliphatic rings. The minimum atomic E-state index is 0.168. The Morgan fingerprint density at radius 3 is 2.75 bits per heavy atom. The maximum Gasteiger partial charge on any atom is 0.225 e. The van der Waals surface area contributed by atoms with E-state index in [1.165, 1.54) is 7.11 Å². The van der Waals surface area contributed by atoms with E-state index in [-0.39, 0.29) is 5.95 Å². The van der Waals surface area contributed by atoms with Crippen molar-refractivity contribution in [2.45, 2.75) is 6.42 Å². The molecule has 20 heavy (non-hydrogen) atoms. The van der Waals surface area contributed by atoms with E-state index < -0.39 is 0 Å². The van der Waals surface area contributed by atoms with Crippen LogP contribution in [0.3, 0.4) is 0 Å². The number of hydrogen-bond acceptors (Lipinski definition) is 6. The van der Waals surface area contributed by atoms with Crippen LogP contribution < -0.4 is 15.8 Å². The van der Waals surface area contributed by atoms with E-state index in [1.807, 2.05) is 24.3 Å². The quantitative estimate of drug-likeness (QED) is 0.838. The summed E-state index contributed by atoms with van der Waals surface area (Å²) < 4.78 is 10.2. The summed E-state index contributed by atoms with van der Waals surface area (Å²) in [5.41, 5.74) is 7.75. The molecule has 0 atom stereocenters. The molecule has 6 heteroatoms. The largest absolute Gasteiger partial charge is 0.481 e. The van der Waals surface area contributed by atoms with Gasteiger partial charge in [0.05, 0.1) is 13.7 Å². The summed E-state index contributed by atoms with van der Waals surface area (Å²) in [7, 11) is 3.23. The lowest BCUT2D eigenvalue weighted by molar-refractivity contribution is 0.202.